The number of aryl methyl sites for hydroxylation is 1. The molecule has 12 heavy (non-hydrogen) atoms. The largest absolute Gasteiger partial charge is 0.237 e. The molecule has 0 amide bonds. The smallest absolute Gasteiger partial charge is 0.212 e. The van der Waals surface area contributed by atoms with E-state index >= 15 is 0 Å². The maximum Gasteiger partial charge on any atom is 0.237 e. The summed E-state index contributed by atoms with van der Waals surface area (Å²) < 4.78 is 34.4. The lowest BCUT2D eigenvalue weighted by molar-refractivity contribution is 0.608. The van der Waals surface area contributed by atoms with Gasteiger partial charge in [-0.05, 0) is 30.7 Å². The molecule has 0 atom stereocenters. The molecular formula is C7H6BrFO2S. The molecule has 0 N–H and O–H groups in total. The standard InChI is InChI=1S/C7H6BrFO2S/c1-5-4-6(9)2-3-7(5)12(8,10)11/h2-4H,1H3. The molecule has 0 heterocycles. The van der Waals surface area contributed by atoms with E-state index in [2.05, 4.69) is 14.8 Å². The van der Waals surface area contributed by atoms with Crippen LogP contribution < -0.4 is 0 Å². The first-order valence-electron chi connectivity index (χ1n) is 3.12. The van der Waals surface area contributed by atoms with Gasteiger partial charge in [-0.15, -0.1) is 0 Å². The Morgan fingerprint density at radius 2 is 2.00 bits per heavy atom. The molecule has 2 nitrogen and oxygen atoms in total. The Morgan fingerprint density at radius 3 is 2.42 bits per heavy atom. The first-order valence-corrected chi connectivity index (χ1v) is 6.44. The van der Waals surface area contributed by atoms with Gasteiger partial charge in [0.05, 0.1) is 19.7 Å². The third-order valence-corrected chi connectivity index (χ3v) is 3.43. The van der Waals surface area contributed by atoms with Gasteiger partial charge in [-0.1, -0.05) is 0 Å². The van der Waals surface area contributed by atoms with Crippen LogP contribution in [-0.2, 0) is 8.27 Å². The quantitative estimate of drug-likeness (QED) is 0.719. The fourth-order valence-corrected chi connectivity index (χ4v) is 2.65. The Kier molecular flexibility index (Phi) is 2.53. The van der Waals surface area contributed by atoms with Gasteiger partial charge in [0.15, 0.2) is 0 Å². The predicted molar refractivity (Wildman–Crippen MR) is 47.2 cm³/mol. The van der Waals surface area contributed by atoms with E-state index in [0.29, 0.717) is 5.56 Å². The molecule has 0 aliphatic heterocycles. The Morgan fingerprint density at radius 1 is 1.42 bits per heavy atom. The fraction of sp³-hybridized carbons (Fsp3) is 0.143. The Balaban J connectivity index is 3.39. The van der Waals surface area contributed by atoms with E-state index in [-0.39, 0.29) is 4.90 Å². The average molecular weight is 253 g/mol. The Bertz CT molecular complexity index is 400. The normalized spacial score (nSPS) is 11.6. The maximum absolute atomic E-state index is 12.5. The van der Waals surface area contributed by atoms with Gasteiger partial charge in [0.2, 0.25) is 8.27 Å². The number of halogens is 2. The lowest BCUT2D eigenvalue weighted by Crippen LogP contribution is -1.93. The van der Waals surface area contributed by atoms with E-state index in [9.17, 15) is 12.8 Å². The molecular weight excluding hydrogens is 247 g/mol. The predicted octanol–water partition coefficient (Wildman–Crippen LogP) is 2.22. The second-order valence-corrected chi connectivity index (χ2v) is 6.22. The molecule has 0 aliphatic carbocycles. The van der Waals surface area contributed by atoms with Gasteiger partial charge in [0.1, 0.15) is 5.82 Å². The van der Waals surface area contributed by atoms with E-state index in [0.717, 1.165) is 6.07 Å². The van der Waals surface area contributed by atoms with Crippen molar-refractivity contribution in [2.75, 3.05) is 0 Å². The van der Waals surface area contributed by atoms with Crippen LogP contribution in [-0.4, -0.2) is 8.42 Å². The molecule has 0 unspecified atom stereocenters. The van der Waals surface area contributed by atoms with Crippen molar-refractivity contribution in [2.24, 2.45) is 0 Å². The summed E-state index contributed by atoms with van der Waals surface area (Å²) in [5.74, 6) is -0.438. The lowest BCUT2D eigenvalue weighted by atomic mass is 10.2. The van der Waals surface area contributed by atoms with Crippen molar-refractivity contribution >= 4 is 23.1 Å². The minimum absolute atomic E-state index is 0.101. The van der Waals surface area contributed by atoms with Crippen LogP contribution >= 0.6 is 14.8 Å². The first kappa shape index (κ1) is 9.67. The number of benzene rings is 1. The molecule has 0 bridgehead atoms. The minimum atomic E-state index is -3.40. The number of hydrogen-bond acceptors (Lipinski definition) is 2. The second-order valence-electron chi connectivity index (χ2n) is 2.35. The van der Waals surface area contributed by atoms with Crippen molar-refractivity contribution in [1.82, 2.24) is 0 Å². The fourth-order valence-electron chi connectivity index (χ4n) is 0.886. The van der Waals surface area contributed by atoms with Crippen molar-refractivity contribution in [2.45, 2.75) is 11.8 Å². The molecule has 1 aromatic carbocycles. The summed E-state index contributed by atoms with van der Waals surface area (Å²) in [5, 5.41) is 0. The van der Waals surface area contributed by atoms with Crippen LogP contribution in [0.2, 0.25) is 0 Å². The van der Waals surface area contributed by atoms with Crippen LogP contribution in [0.5, 0.6) is 0 Å². The van der Waals surface area contributed by atoms with Crippen molar-refractivity contribution < 1.29 is 12.8 Å². The van der Waals surface area contributed by atoms with Gasteiger partial charge in [0, 0.05) is 0 Å². The molecule has 5 heteroatoms. The summed E-state index contributed by atoms with van der Waals surface area (Å²) in [6.45, 7) is 1.54. The lowest BCUT2D eigenvalue weighted by Gasteiger charge is -2.00. The molecule has 1 aromatic rings. The molecule has 66 valence electrons. The molecule has 0 aliphatic rings. The highest BCUT2D eigenvalue weighted by molar-refractivity contribution is 9.47. The maximum atomic E-state index is 12.5. The molecule has 0 saturated heterocycles. The summed E-state index contributed by atoms with van der Waals surface area (Å²) >= 11 is 2.51. The van der Waals surface area contributed by atoms with E-state index in [4.69, 9.17) is 0 Å². The van der Waals surface area contributed by atoms with Crippen LogP contribution in [0.1, 0.15) is 5.56 Å². The van der Waals surface area contributed by atoms with Crippen LogP contribution in [0.4, 0.5) is 4.39 Å². The van der Waals surface area contributed by atoms with Crippen molar-refractivity contribution in [3.8, 4) is 0 Å². The van der Waals surface area contributed by atoms with Gasteiger partial charge in [-0.25, -0.2) is 12.8 Å². The molecule has 0 fully saturated rings. The van der Waals surface area contributed by atoms with Crippen LogP contribution in [0.25, 0.3) is 0 Å². The topological polar surface area (TPSA) is 34.1 Å². The zero-order valence-corrected chi connectivity index (χ0v) is 8.62. The van der Waals surface area contributed by atoms with E-state index in [1.807, 2.05) is 0 Å². The first-order chi connectivity index (χ1) is 5.41. The van der Waals surface area contributed by atoms with E-state index in [1.165, 1.54) is 19.1 Å². The Hall–Kier alpha value is -0.420. The molecule has 0 spiro atoms. The summed E-state index contributed by atoms with van der Waals surface area (Å²) in [7, 11) is -3.40. The van der Waals surface area contributed by atoms with Gasteiger partial charge < -0.3 is 0 Å². The molecule has 0 saturated carbocycles. The van der Waals surface area contributed by atoms with Crippen molar-refractivity contribution in [3.63, 3.8) is 0 Å². The number of rotatable bonds is 1. The summed E-state index contributed by atoms with van der Waals surface area (Å²) in [4.78, 5) is 0.101. The SMILES string of the molecule is Cc1cc(F)ccc1S(=O)(=O)Br. The highest BCUT2D eigenvalue weighted by Gasteiger charge is 2.12. The van der Waals surface area contributed by atoms with Crippen LogP contribution in [0.15, 0.2) is 23.1 Å². The van der Waals surface area contributed by atoms with Gasteiger partial charge in [-0.3, -0.25) is 0 Å². The van der Waals surface area contributed by atoms with E-state index < -0.39 is 14.1 Å². The molecule has 0 radical (unpaired) electrons. The third kappa shape index (κ3) is 2.04. The van der Waals surface area contributed by atoms with Gasteiger partial charge in [0.25, 0.3) is 0 Å². The Labute approximate surface area is 77.5 Å². The van der Waals surface area contributed by atoms with Gasteiger partial charge >= 0.3 is 0 Å². The highest BCUT2D eigenvalue weighted by Crippen LogP contribution is 2.21. The van der Waals surface area contributed by atoms with Crippen molar-refractivity contribution in [1.29, 1.82) is 0 Å². The molecule has 0 aromatic heterocycles. The van der Waals surface area contributed by atoms with Gasteiger partial charge in [-0.2, -0.15) is 0 Å². The minimum Gasteiger partial charge on any atom is -0.212 e. The van der Waals surface area contributed by atoms with Crippen LogP contribution in [0, 0.1) is 12.7 Å². The number of hydrogen-bond donors (Lipinski definition) is 0. The summed E-state index contributed by atoms with van der Waals surface area (Å²) in [6.07, 6.45) is 0. The second kappa shape index (κ2) is 3.14. The highest BCUT2D eigenvalue weighted by atomic mass is 79.9. The average Bonchev–Trinajstić information content (AvgIpc) is 1.83. The summed E-state index contributed by atoms with van der Waals surface area (Å²) in [6, 6.07) is 3.52. The third-order valence-electron chi connectivity index (χ3n) is 1.40. The zero-order valence-electron chi connectivity index (χ0n) is 6.21. The summed E-state index contributed by atoms with van der Waals surface area (Å²) in [5.41, 5.74) is 0.395. The van der Waals surface area contributed by atoms with Crippen molar-refractivity contribution in [3.05, 3.63) is 29.6 Å². The van der Waals surface area contributed by atoms with Crippen LogP contribution in [0.3, 0.4) is 0 Å². The van der Waals surface area contributed by atoms with E-state index in [1.54, 1.807) is 0 Å². The zero-order chi connectivity index (χ0) is 9.35. The monoisotopic (exact) mass is 252 g/mol. The molecule has 1 rings (SSSR count).